The normalized spacial score (nSPS) is 24.1. The van der Waals surface area contributed by atoms with Crippen LogP contribution in [0.5, 0.6) is 11.5 Å². The van der Waals surface area contributed by atoms with Crippen LogP contribution in [-0.2, 0) is 4.79 Å². The summed E-state index contributed by atoms with van der Waals surface area (Å²) in [6, 6.07) is 4.34. The number of phenols is 1. The zero-order valence-electron chi connectivity index (χ0n) is 10.3. The number of ether oxygens (including phenoxy) is 1. The van der Waals surface area contributed by atoms with E-state index in [1.54, 1.807) is 29.2 Å². The van der Waals surface area contributed by atoms with Crippen molar-refractivity contribution in [1.82, 2.24) is 0 Å². The average molecular weight is 259 g/mol. The number of aromatic hydroxyl groups is 1. The number of anilines is 1. The molecule has 0 aromatic heterocycles. The molecule has 5 nitrogen and oxygen atoms in total. The Labute approximate surface area is 110 Å². The molecule has 2 N–H and O–H groups in total. The summed E-state index contributed by atoms with van der Waals surface area (Å²) >= 11 is 0. The summed E-state index contributed by atoms with van der Waals surface area (Å²) in [5.74, 6) is 0.481. The van der Waals surface area contributed by atoms with Crippen LogP contribution in [0.25, 0.3) is 0 Å². The van der Waals surface area contributed by atoms with Crippen LogP contribution in [-0.4, -0.2) is 28.3 Å². The molecule has 0 fully saturated rings. The summed E-state index contributed by atoms with van der Waals surface area (Å²) in [4.78, 5) is 13.5. The molecule has 5 heteroatoms. The van der Waals surface area contributed by atoms with Gasteiger partial charge in [0, 0.05) is 19.1 Å². The zero-order chi connectivity index (χ0) is 13.6. The lowest BCUT2D eigenvalue weighted by atomic mass is 9.99. The lowest BCUT2D eigenvalue weighted by Crippen LogP contribution is -2.51. The maximum absolute atomic E-state index is 11.9. The first-order valence-corrected chi connectivity index (χ1v) is 5.95. The van der Waals surface area contributed by atoms with Gasteiger partial charge in [-0.2, -0.15) is 0 Å². The summed E-state index contributed by atoms with van der Waals surface area (Å²) in [6.45, 7) is 1.48. The fourth-order valence-corrected chi connectivity index (χ4v) is 2.45. The Balaban J connectivity index is 2.12. The second-order valence-corrected chi connectivity index (χ2v) is 4.56. The summed E-state index contributed by atoms with van der Waals surface area (Å²) in [5.41, 5.74) is 0.617. The van der Waals surface area contributed by atoms with E-state index in [2.05, 4.69) is 0 Å². The molecule has 1 aliphatic heterocycles. The molecule has 0 spiro atoms. The number of carbonyl (C=O) groups is 1. The van der Waals surface area contributed by atoms with E-state index in [-0.39, 0.29) is 23.5 Å². The third-order valence-electron chi connectivity index (χ3n) is 3.24. The van der Waals surface area contributed by atoms with Gasteiger partial charge in [0.25, 0.3) is 0 Å². The van der Waals surface area contributed by atoms with Crippen LogP contribution in [0.1, 0.15) is 6.92 Å². The number of phenolic OH excluding ortho intramolecular Hbond substituents is 1. The van der Waals surface area contributed by atoms with Gasteiger partial charge in [-0.25, -0.2) is 0 Å². The van der Waals surface area contributed by atoms with E-state index in [9.17, 15) is 15.0 Å². The molecular weight excluding hydrogens is 246 g/mol. The van der Waals surface area contributed by atoms with Crippen molar-refractivity contribution in [2.75, 3.05) is 4.90 Å². The first-order valence-electron chi connectivity index (χ1n) is 5.95. The van der Waals surface area contributed by atoms with Crippen LogP contribution in [0, 0.1) is 0 Å². The highest BCUT2D eigenvalue weighted by Gasteiger charge is 2.37. The Morgan fingerprint density at radius 2 is 2.16 bits per heavy atom. The standard InChI is InChI=1S/C14H13NO4/c1-8(16)15-11-4-2-9(17)6-13(11)19-14-7-10(18)3-5-12(14)15/h2-7,11,13,17-18H,1H3. The quantitative estimate of drug-likeness (QED) is 0.746. The van der Waals surface area contributed by atoms with Crippen LogP contribution in [0.3, 0.4) is 0 Å². The number of nitrogens with zero attached hydrogens (tertiary/aromatic N) is 1. The topological polar surface area (TPSA) is 70.0 Å². The average Bonchev–Trinajstić information content (AvgIpc) is 2.35. The largest absolute Gasteiger partial charge is 0.508 e. The minimum absolute atomic E-state index is 0.0697. The van der Waals surface area contributed by atoms with Gasteiger partial charge in [-0.3, -0.25) is 9.69 Å². The lowest BCUT2D eigenvalue weighted by molar-refractivity contribution is -0.117. The van der Waals surface area contributed by atoms with E-state index in [4.69, 9.17) is 4.74 Å². The molecule has 19 heavy (non-hydrogen) atoms. The van der Waals surface area contributed by atoms with Crippen molar-refractivity contribution in [2.24, 2.45) is 0 Å². The Bertz CT molecular complexity index is 605. The molecule has 0 saturated carbocycles. The Kier molecular flexibility index (Phi) is 2.48. The van der Waals surface area contributed by atoms with Gasteiger partial charge in [0.05, 0.1) is 11.7 Å². The van der Waals surface area contributed by atoms with Gasteiger partial charge in [-0.15, -0.1) is 0 Å². The molecular formula is C14H13NO4. The minimum Gasteiger partial charge on any atom is -0.508 e. The number of aliphatic hydroxyl groups excluding tert-OH is 1. The van der Waals surface area contributed by atoms with Crippen LogP contribution < -0.4 is 9.64 Å². The zero-order valence-corrected chi connectivity index (χ0v) is 10.3. The Hall–Kier alpha value is -2.43. The number of benzene rings is 1. The van der Waals surface area contributed by atoms with E-state index in [0.29, 0.717) is 11.4 Å². The van der Waals surface area contributed by atoms with Gasteiger partial charge >= 0.3 is 0 Å². The SMILES string of the molecule is CC(=O)N1c2ccc(O)cc2OC2C=C(O)C=CC21. The molecule has 1 aliphatic carbocycles. The number of amides is 1. The summed E-state index contributed by atoms with van der Waals surface area (Å²) in [7, 11) is 0. The number of aliphatic hydroxyl groups is 1. The second-order valence-electron chi connectivity index (χ2n) is 4.56. The number of hydrogen-bond acceptors (Lipinski definition) is 4. The molecule has 1 amide bonds. The van der Waals surface area contributed by atoms with Crippen LogP contribution in [0.2, 0.25) is 0 Å². The third-order valence-corrected chi connectivity index (χ3v) is 3.24. The van der Waals surface area contributed by atoms with Crippen molar-refractivity contribution in [3.63, 3.8) is 0 Å². The van der Waals surface area contributed by atoms with Gasteiger partial charge in [-0.05, 0) is 18.2 Å². The Morgan fingerprint density at radius 3 is 2.89 bits per heavy atom. The minimum atomic E-state index is -0.455. The number of carbonyl (C=O) groups excluding carboxylic acids is 1. The van der Waals surface area contributed by atoms with Crippen LogP contribution >= 0.6 is 0 Å². The smallest absolute Gasteiger partial charge is 0.224 e. The molecule has 2 aliphatic rings. The predicted octanol–water partition coefficient (Wildman–Crippen LogP) is 1.89. The van der Waals surface area contributed by atoms with Crippen molar-refractivity contribution >= 4 is 11.6 Å². The highest BCUT2D eigenvalue weighted by atomic mass is 16.5. The predicted molar refractivity (Wildman–Crippen MR) is 69.3 cm³/mol. The van der Waals surface area contributed by atoms with E-state index >= 15 is 0 Å². The molecule has 2 unspecified atom stereocenters. The maximum atomic E-state index is 11.9. The molecule has 0 saturated heterocycles. The van der Waals surface area contributed by atoms with E-state index in [1.165, 1.54) is 19.1 Å². The second kappa shape index (κ2) is 4.05. The molecule has 1 heterocycles. The number of fused-ring (bicyclic) bond motifs is 2. The maximum Gasteiger partial charge on any atom is 0.224 e. The molecule has 3 rings (SSSR count). The van der Waals surface area contributed by atoms with E-state index < -0.39 is 6.10 Å². The van der Waals surface area contributed by atoms with Gasteiger partial charge in [0.15, 0.2) is 0 Å². The Morgan fingerprint density at radius 1 is 1.37 bits per heavy atom. The third kappa shape index (κ3) is 1.83. The van der Waals surface area contributed by atoms with Gasteiger partial charge < -0.3 is 14.9 Å². The first-order chi connectivity index (χ1) is 9.06. The van der Waals surface area contributed by atoms with Crippen molar-refractivity contribution < 1.29 is 19.7 Å². The highest BCUT2D eigenvalue weighted by molar-refractivity contribution is 5.95. The van der Waals surface area contributed by atoms with Crippen LogP contribution in [0.15, 0.2) is 42.2 Å². The summed E-state index contributed by atoms with van der Waals surface area (Å²) in [5, 5.41) is 19.0. The molecule has 0 radical (unpaired) electrons. The number of allylic oxidation sites excluding steroid dienone is 1. The fraction of sp³-hybridized carbons (Fsp3) is 0.214. The van der Waals surface area contributed by atoms with E-state index in [0.717, 1.165) is 0 Å². The van der Waals surface area contributed by atoms with Crippen molar-refractivity contribution in [2.45, 2.75) is 19.1 Å². The monoisotopic (exact) mass is 259 g/mol. The van der Waals surface area contributed by atoms with Crippen molar-refractivity contribution in [3.05, 3.63) is 42.2 Å². The van der Waals surface area contributed by atoms with Crippen molar-refractivity contribution in [1.29, 1.82) is 0 Å². The van der Waals surface area contributed by atoms with E-state index in [1.807, 2.05) is 0 Å². The summed E-state index contributed by atoms with van der Waals surface area (Å²) < 4.78 is 5.73. The first kappa shape index (κ1) is 11.6. The van der Waals surface area contributed by atoms with Gasteiger partial charge in [0.2, 0.25) is 5.91 Å². The molecule has 0 bridgehead atoms. The molecule has 1 aromatic carbocycles. The number of rotatable bonds is 0. The van der Waals surface area contributed by atoms with Crippen LogP contribution in [0.4, 0.5) is 5.69 Å². The van der Waals surface area contributed by atoms with Gasteiger partial charge in [-0.1, -0.05) is 6.08 Å². The lowest BCUT2D eigenvalue weighted by Gasteiger charge is -2.40. The molecule has 2 atom stereocenters. The number of hydrogen-bond donors (Lipinski definition) is 2. The van der Waals surface area contributed by atoms with Crippen molar-refractivity contribution in [3.8, 4) is 11.5 Å². The highest BCUT2D eigenvalue weighted by Crippen LogP contribution is 2.40. The van der Waals surface area contributed by atoms with Gasteiger partial charge in [0.1, 0.15) is 23.4 Å². The summed E-state index contributed by atoms with van der Waals surface area (Å²) in [6.07, 6.45) is 4.37. The molecule has 1 aromatic rings. The fourth-order valence-electron chi connectivity index (χ4n) is 2.45. The molecule has 98 valence electrons.